The first kappa shape index (κ1) is 7.32. The summed E-state index contributed by atoms with van der Waals surface area (Å²) in [5.41, 5.74) is 1.76. The third kappa shape index (κ3) is 0.939. The van der Waals surface area contributed by atoms with Crippen molar-refractivity contribution in [2.45, 2.75) is 0 Å². The minimum absolute atomic E-state index is 0.834. The topological polar surface area (TPSA) is 37.7 Å². The molecule has 4 heteroatoms. The number of anilines is 1. The fourth-order valence-corrected chi connectivity index (χ4v) is 1.44. The van der Waals surface area contributed by atoms with E-state index in [0.29, 0.717) is 0 Å². The average molecular weight is 185 g/mol. The lowest BCUT2D eigenvalue weighted by molar-refractivity contribution is 0.390. The fourth-order valence-electron chi connectivity index (χ4n) is 1.44. The monoisotopic (exact) mass is 185 g/mol. The van der Waals surface area contributed by atoms with Crippen molar-refractivity contribution in [3.05, 3.63) is 42.8 Å². The van der Waals surface area contributed by atoms with Crippen LogP contribution in [0.2, 0.25) is 0 Å². The Morgan fingerprint density at radius 1 is 1.36 bits per heavy atom. The second-order valence-corrected chi connectivity index (χ2v) is 2.94. The van der Waals surface area contributed by atoms with E-state index in [0.717, 1.165) is 17.2 Å². The molecule has 0 amide bonds. The Labute approximate surface area is 80.9 Å². The smallest absolute Gasteiger partial charge is 0.163 e. The van der Waals surface area contributed by atoms with Crippen LogP contribution in [0.5, 0.6) is 0 Å². The third-order valence-electron chi connectivity index (χ3n) is 2.09. The Hall–Kier alpha value is -2.10. The Bertz CT molecular complexity index is 462. The minimum Gasteiger partial charge on any atom is -0.469 e. The summed E-state index contributed by atoms with van der Waals surface area (Å²) in [6, 6.07) is 3.80. The molecule has 3 heterocycles. The van der Waals surface area contributed by atoms with Gasteiger partial charge in [0.05, 0.1) is 6.21 Å². The van der Waals surface area contributed by atoms with E-state index in [-0.39, 0.29) is 0 Å². The summed E-state index contributed by atoms with van der Waals surface area (Å²) in [5, 5.41) is 0. The summed E-state index contributed by atoms with van der Waals surface area (Å²) in [4.78, 5) is 10.5. The van der Waals surface area contributed by atoms with Crippen molar-refractivity contribution in [3.63, 3.8) is 0 Å². The Morgan fingerprint density at radius 3 is 3.36 bits per heavy atom. The van der Waals surface area contributed by atoms with Crippen molar-refractivity contribution in [1.29, 1.82) is 0 Å². The highest BCUT2D eigenvalue weighted by Crippen LogP contribution is 2.32. The van der Waals surface area contributed by atoms with E-state index in [2.05, 4.69) is 9.98 Å². The second kappa shape index (κ2) is 2.70. The highest BCUT2D eigenvalue weighted by atomic mass is 16.5. The van der Waals surface area contributed by atoms with Crippen molar-refractivity contribution in [1.82, 2.24) is 4.98 Å². The highest BCUT2D eigenvalue weighted by molar-refractivity contribution is 5.92. The van der Waals surface area contributed by atoms with Gasteiger partial charge in [0.15, 0.2) is 5.82 Å². The van der Waals surface area contributed by atoms with Gasteiger partial charge in [-0.3, -0.25) is 9.89 Å². The summed E-state index contributed by atoms with van der Waals surface area (Å²) in [6.45, 7) is 0. The molecule has 0 saturated heterocycles. The summed E-state index contributed by atoms with van der Waals surface area (Å²) in [6.07, 6.45) is 8.59. The van der Waals surface area contributed by atoms with Gasteiger partial charge < -0.3 is 4.74 Å². The van der Waals surface area contributed by atoms with Gasteiger partial charge in [-0.05, 0) is 12.1 Å². The van der Waals surface area contributed by atoms with E-state index in [9.17, 15) is 0 Å². The molecular formula is C10H7N3O. The van der Waals surface area contributed by atoms with Crippen LogP contribution >= 0.6 is 0 Å². The molecule has 2 aliphatic rings. The lowest BCUT2D eigenvalue weighted by Gasteiger charge is -2.25. The normalized spacial score (nSPS) is 16.9. The predicted molar refractivity (Wildman–Crippen MR) is 53.2 cm³/mol. The summed E-state index contributed by atoms with van der Waals surface area (Å²) >= 11 is 0. The van der Waals surface area contributed by atoms with E-state index in [1.54, 1.807) is 24.9 Å². The number of aliphatic imine (C=N–C) groups is 1. The molecule has 0 atom stereocenters. The lowest BCUT2D eigenvalue weighted by atomic mass is 10.3. The fraction of sp³-hybridized carbons (Fsp3) is 0. The number of hydrogen-bond acceptors (Lipinski definition) is 4. The number of ether oxygens (including phenoxy) is 1. The molecule has 68 valence electrons. The average Bonchev–Trinajstić information content (AvgIpc) is 2.29. The second-order valence-electron chi connectivity index (χ2n) is 2.94. The number of pyridine rings is 1. The molecule has 1 aromatic rings. The molecule has 14 heavy (non-hydrogen) atoms. The molecular weight excluding hydrogens is 178 g/mol. The molecule has 0 saturated carbocycles. The molecule has 0 N–H and O–H groups in total. The number of allylic oxidation sites excluding steroid dienone is 1. The first-order valence-electron chi connectivity index (χ1n) is 4.26. The largest absolute Gasteiger partial charge is 0.469 e. The van der Waals surface area contributed by atoms with Gasteiger partial charge in [-0.15, -0.1) is 0 Å². The van der Waals surface area contributed by atoms with Crippen LogP contribution in [-0.2, 0) is 4.74 Å². The highest BCUT2D eigenvalue weighted by Gasteiger charge is 2.19. The van der Waals surface area contributed by atoms with Crippen LogP contribution in [0.1, 0.15) is 0 Å². The number of aromatic nitrogens is 1. The zero-order valence-corrected chi connectivity index (χ0v) is 7.29. The van der Waals surface area contributed by atoms with Crippen molar-refractivity contribution >= 4 is 17.7 Å². The Morgan fingerprint density at radius 2 is 2.36 bits per heavy atom. The van der Waals surface area contributed by atoms with E-state index in [1.165, 1.54) is 0 Å². The van der Waals surface area contributed by atoms with Crippen LogP contribution in [0.4, 0.5) is 11.5 Å². The van der Waals surface area contributed by atoms with E-state index >= 15 is 0 Å². The molecule has 0 aliphatic carbocycles. The van der Waals surface area contributed by atoms with Gasteiger partial charge in [0.2, 0.25) is 0 Å². The van der Waals surface area contributed by atoms with Gasteiger partial charge in [-0.1, -0.05) is 0 Å². The molecule has 0 bridgehead atoms. The minimum atomic E-state index is 0.834. The maximum Gasteiger partial charge on any atom is 0.163 e. The van der Waals surface area contributed by atoms with E-state index in [1.807, 2.05) is 23.2 Å². The predicted octanol–water partition coefficient (Wildman–Crippen LogP) is 1.95. The standard InChI is InChI=1S/C10H7N3O/c1-2-9-10(11-3-1)13-4-5-14-7-8(13)6-12-9/h1-7H. The Balaban J connectivity index is 2.19. The van der Waals surface area contributed by atoms with Crippen molar-refractivity contribution < 1.29 is 4.74 Å². The van der Waals surface area contributed by atoms with Crippen LogP contribution in [0.3, 0.4) is 0 Å². The zero-order chi connectivity index (χ0) is 9.38. The number of nitrogens with zero attached hydrogens (tertiary/aromatic N) is 3. The van der Waals surface area contributed by atoms with Crippen LogP contribution < -0.4 is 4.90 Å². The SMILES string of the molecule is C1=CN2C(=CO1)C=Nc1cccnc12. The van der Waals surface area contributed by atoms with Crippen LogP contribution in [-0.4, -0.2) is 11.2 Å². The summed E-state index contributed by atoms with van der Waals surface area (Å²) in [5.74, 6) is 0.834. The number of fused-ring (bicyclic) bond motifs is 3. The quantitative estimate of drug-likeness (QED) is 0.620. The van der Waals surface area contributed by atoms with Gasteiger partial charge >= 0.3 is 0 Å². The first-order valence-corrected chi connectivity index (χ1v) is 4.26. The summed E-state index contributed by atoms with van der Waals surface area (Å²) < 4.78 is 5.05. The Kier molecular flexibility index (Phi) is 1.41. The maximum atomic E-state index is 5.05. The first-order chi connectivity index (χ1) is 6.95. The molecule has 0 aromatic carbocycles. The maximum absolute atomic E-state index is 5.05. The molecule has 0 fully saturated rings. The van der Waals surface area contributed by atoms with Gasteiger partial charge in [0.1, 0.15) is 23.9 Å². The molecule has 1 aromatic heterocycles. The molecule has 2 aliphatic heterocycles. The zero-order valence-electron chi connectivity index (χ0n) is 7.29. The van der Waals surface area contributed by atoms with E-state index < -0.39 is 0 Å². The van der Waals surface area contributed by atoms with Crippen LogP contribution in [0.25, 0.3) is 0 Å². The van der Waals surface area contributed by atoms with Crippen molar-refractivity contribution in [2.24, 2.45) is 4.99 Å². The number of hydrogen-bond donors (Lipinski definition) is 0. The number of rotatable bonds is 0. The van der Waals surface area contributed by atoms with Gasteiger partial charge in [0, 0.05) is 12.4 Å². The van der Waals surface area contributed by atoms with Gasteiger partial charge in [-0.25, -0.2) is 4.98 Å². The molecule has 3 rings (SSSR count). The molecule has 0 radical (unpaired) electrons. The molecule has 4 nitrogen and oxygen atoms in total. The van der Waals surface area contributed by atoms with E-state index in [4.69, 9.17) is 4.74 Å². The lowest BCUT2D eigenvalue weighted by Crippen LogP contribution is -2.22. The summed E-state index contributed by atoms with van der Waals surface area (Å²) in [7, 11) is 0. The molecule has 0 spiro atoms. The third-order valence-corrected chi connectivity index (χ3v) is 2.09. The van der Waals surface area contributed by atoms with Crippen LogP contribution in [0, 0.1) is 0 Å². The van der Waals surface area contributed by atoms with Crippen molar-refractivity contribution in [3.8, 4) is 0 Å². The van der Waals surface area contributed by atoms with Gasteiger partial charge in [-0.2, -0.15) is 0 Å². The van der Waals surface area contributed by atoms with Crippen LogP contribution in [0.15, 0.2) is 47.7 Å². The van der Waals surface area contributed by atoms with Crippen molar-refractivity contribution in [2.75, 3.05) is 4.90 Å². The molecule has 0 unspecified atom stereocenters. The van der Waals surface area contributed by atoms with Gasteiger partial charge in [0.25, 0.3) is 0 Å².